The fourth-order valence-corrected chi connectivity index (χ4v) is 3.20. The van der Waals surface area contributed by atoms with Crippen LogP contribution in [0.1, 0.15) is 11.3 Å². The molecule has 1 aliphatic rings. The van der Waals surface area contributed by atoms with E-state index in [1.807, 2.05) is 12.1 Å². The monoisotopic (exact) mass is 328 g/mol. The molecule has 18 heavy (non-hydrogen) atoms. The number of halogens is 1. The van der Waals surface area contributed by atoms with Crippen LogP contribution in [0.25, 0.3) is 6.08 Å². The lowest BCUT2D eigenvalue weighted by Crippen LogP contribution is -2.30. The highest BCUT2D eigenvalue weighted by Gasteiger charge is 2.28. The second-order valence-electron chi connectivity index (χ2n) is 4.15. The van der Waals surface area contributed by atoms with E-state index in [1.165, 1.54) is 0 Å². The Kier molecular flexibility index (Phi) is 4.19. The first kappa shape index (κ1) is 13.3. The highest BCUT2D eigenvalue weighted by atomic mass is 79.9. The van der Waals surface area contributed by atoms with Crippen molar-refractivity contribution in [1.82, 2.24) is 4.90 Å². The van der Waals surface area contributed by atoms with Crippen LogP contribution < -0.4 is 5.73 Å². The number of amides is 2. The number of primary amides is 1. The molecule has 2 rings (SSSR count). The summed E-state index contributed by atoms with van der Waals surface area (Å²) < 4.78 is 1.03. The summed E-state index contributed by atoms with van der Waals surface area (Å²) in [6, 6.07) is 3.88. The van der Waals surface area contributed by atoms with Gasteiger partial charge in [0.2, 0.25) is 11.8 Å². The number of carbonyl (C=O) groups excluding carboxylic acids is 2. The molecule has 0 spiro atoms. The molecule has 0 aliphatic carbocycles. The molecular weight excluding hydrogens is 316 g/mol. The van der Waals surface area contributed by atoms with Crippen molar-refractivity contribution in [2.45, 2.75) is 6.42 Å². The summed E-state index contributed by atoms with van der Waals surface area (Å²) in [5.41, 5.74) is 5.23. The van der Waals surface area contributed by atoms with Gasteiger partial charge < -0.3 is 10.6 Å². The van der Waals surface area contributed by atoms with E-state index in [1.54, 1.807) is 28.4 Å². The molecule has 1 fully saturated rings. The molecule has 4 nitrogen and oxygen atoms in total. The maximum atomic E-state index is 11.9. The quantitative estimate of drug-likeness (QED) is 0.861. The van der Waals surface area contributed by atoms with E-state index in [2.05, 4.69) is 15.9 Å². The molecule has 0 radical (unpaired) electrons. The molecule has 96 valence electrons. The van der Waals surface area contributed by atoms with Gasteiger partial charge >= 0.3 is 0 Å². The maximum Gasteiger partial charge on any atom is 0.246 e. The van der Waals surface area contributed by atoms with E-state index in [0.717, 1.165) is 8.66 Å². The van der Waals surface area contributed by atoms with Crippen molar-refractivity contribution in [3.05, 3.63) is 26.9 Å². The SMILES string of the molecule is NC(=O)[C@@H]1CCN(C(=O)/C=C\c2ccc(Br)s2)C1. The zero-order valence-corrected chi connectivity index (χ0v) is 12.0. The second-order valence-corrected chi connectivity index (χ2v) is 6.64. The van der Waals surface area contributed by atoms with Gasteiger partial charge in [-0.1, -0.05) is 0 Å². The lowest BCUT2D eigenvalue weighted by atomic mass is 10.1. The lowest BCUT2D eigenvalue weighted by Gasteiger charge is -2.12. The Balaban J connectivity index is 1.93. The van der Waals surface area contributed by atoms with Crippen molar-refractivity contribution in [1.29, 1.82) is 0 Å². The first-order chi connectivity index (χ1) is 8.56. The van der Waals surface area contributed by atoms with E-state index in [4.69, 9.17) is 5.73 Å². The van der Waals surface area contributed by atoms with Crippen LogP contribution >= 0.6 is 27.3 Å². The van der Waals surface area contributed by atoms with Crippen molar-refractivity contribution in [2.75, 3.05) is 13.1 Å². The minimum Gasteiger partial charge on any atom is -0.369 e. The summed E-state index contributed by atoms with van der Waals surface area (Å²) in [6.45, 7) is 1.04. The van der Waals surface area contributed by atoms with Gasteiger partial charge in [-0.3, -0.25) is 9.59 Å². The first-order valence-electron chi connectivity index (χ1n) is 5.58. The third-order valence-electron chi connectivity index (χ3n) is 2.89. The topological polar surface area (TPSA) is 63.4 Å². The fourth-order valence-electron chi connectivity index (χ4n) is 1.87. The third kappa shape index (κ3) is 3.20. The molecule has 0 saturated carbocycles. The van der Waals surface area contributed by atoms with Crippen LogP contribution in [0.2, 0.25) is 0 Å². The van der Waals surface area contributed by atoms with E-state index >= 15 is 0 Å². The second kappa shape index (κ2) is 5.67. The van der Waals surface area contributed by atoms with Gasteiger partial charge in [0.25, 0.3) is 0 Å². The van der Waals surface area contributed by atoms with Gasteiger partial charge in [-0.25, -0.2) is 0 Å². The first-order valence-corrected chi connectivity index (χ1v) is 7.19. The van der Waals surface area contributed by atoms with Crippen LogP contribution in [0.5, 0.6) is 0 Å². The van der Waals surface area contributed by atoms with Crippen LogP contribution in [0.4, 0.5) is 0 Å². The molecule has 2 N–H and O–H groups in total. The van der Waals surface area contributed by atoms with E-state index < -0.39 is 0 Å². The van der Waals surface area contributed by atoms with E-state index in [-0.39, 0.29) is 17.7 Å². The minimum absolute atomic E-state index is 0.0664. The van der Waals surface area contributed by atoms with Crippen molar-refractivity contribution in [3.8, 4) is 0 Å². The number of rotatable bonds is 3. The van der Waals surface area contributed by atoms with Crippen LogP contribution in [-0.2, 0) is 9.59 Å². The predicted octanol–water partition coefficient (Wildman–Crippen LogP) is 1.86. The minimum atomic E-state index is -0.323. The smallest absolute Gasteiger partial charge is 0.246 e. The van der Waals surface area contributed by atoms with E-state index in [0.29, 0.717) is 19.5 Å². The zero-order chi connectivity index (χ0) is 13.1. The van der Waals surface area contributed by atoms with Crippen molar-refractivity contribution < 1.29 is 9.59 Å². The van der Waals surface area contributed by atoms with Crippen LogP contribution in [0.3, 0.4) is 0 Å². The predicted molar refractivity (Wildman–Crippen MR) is 74.9 cm³/mol. The van der Waals surface area contributed by atoms with Crippen molar-refractivity contribution in [3.63, 3.8) is 0 Å². The maximum absolute atomic E-state index is 11.9. The molecule has 1 aromatic heterocycles. The number of nitrogens with two attached hydrogens (primary N) is 1. The number of likely N-dealkylation sites (tertiary alicyclic amines) is 1. The normalized spacial score (nSPS) is 19.6. The van der Waals surface area contributed by atoms with Crippen LogP contribution in [0, 0.1) is 5.92 Å². The molecule has 0 bridgehead atoms. The van der Waals surface area contributed by atoms with Crippen LogP contribution in [-0.4, -0.2) is 29.8 Å². The Morgan fingerprint density at radius 1 is 1.50 bits per heavy atom. The largest absolute Gasteiger partial charge is 0.369 e. The summed E-state index contributed by atoms with van der Waals surface area (Å²) in [5, 5.41) is 0. The summed E-state index contributed by atoms with van der Waals surface area (Å²) in [6.07, 6.45) is 4.00. The molecule has 6 heteroatoms. The average molecular weight is 329 g/mol. The standard InChI is InChI=1S/C12H13BrN2O2S/c13-10-3-1-9(18-10)2-4-11(16)15-6-5-8(7-15)12(14)17/h1-4,8H,5-7H2,(H2,14,17)/b4-2-/t8-/m1/s1. The number of thiophene rings is 1. The fraction of sp³-hybridized carbons (Fsp3) is 0.333. The zero-order valence-electron chi connectivity index (χ0n) is 9.64. The highest BCUT2D eigenvalue weighted by molar-refractivity contribution is 9.11. The molecule has 1 aliphatic heterocycles. The summed E-state index contributed by atoms with van der Waals surface area (Å²) >= 11 is 4.93. The Morgan fingerprint density at radius 2 is 2.28 bits per heavy atom. The van der Waals surface area contributed by atoms with Crippen molar-refractivity contribution in [2.24, 2.45) is 11.7 Å². The molecule has 1 saturated heterocycles. The third-order valence-corrected chi connectivity index (χ3v) is 4.48. The molecule has 1 atom stereocenters. The number of hydrogen-bond acceptors (Lipinski definition) is 3. The Labute approximate surface area is 118 Å². The van der Waals surface area contributed by atoms with Gasteiger partial charge in [0, 0.05) is 24.0 Å². The van der Waals surface area contributed by atoms with Crippen LogP contribution in [0.15, 0.2) is 22.0 Å². The summed E-state index contributed by atoms with van der Waals surface area (Å²) in [5.74, 6) is -0.585. The lowest BCUT2D eigenvalue weighted by molar-refractivity contribution is -0.125. The van der Waals surface area contributed by atoms with Gasteiger partial charge in [-0.05, 0) is 40.6 Å². The number of nitrogens with zero attached hydrogens (tertiary/aromatic N) is 1. The van der Waals surface area contributed by atoms with Gasteiger partial charge in [0.15, 0.2) is 0 Å². The van der Waals surface area contributed by atoms with Gasteiger partial charge in [0.1, 0.15) is 0 Å². The molecule has 2 heterocycles. The Hall–Kier alpha value is -1.14. The Morgan fingerprint density at radius 3 is 2.83 bits per heavy atom. The summed E-state index contributed by atoms with van der Waals surface area (Å²) in [7, 11) is 0. The molecule has 1 aromatic rings. The van der Waals surface area contributed by atoms with Gasteiger partial charge in [-0.15, -0.1) is 11.3 Å². The number of hydrogen-bond donors (Lipinski definition) is 1. The Bertz CT molecular complexity index is 498. The highest BCUT2D eigenvalue weighted by Crippen LogP contribution is 2.23. The molecule has 0 unspecified atom stereocenters. The molecule has 2 amide bonds. The van der Waals surface area contributed by atoms with Crippen molar-refractivity contribution >= 4 is 45.2 Å². The molecule has 0 aromatic carbocycles. The summed E-state index contributed by atoms with van der Waals surface area (Å²) in [4.78, 5) is 25.6. The van der Waals surface area contributed by atoms with Gasteiger partial charge in [0.05, 0.1) is 9.70 Å². The number of carbonyl (C=O) groups is 2. The van der Waals surface area contributed by atoms with E-state index in [9.17, 15) is 9.59 Å². The molecular formula is C12H13BrN2O2S. The average Bonchev–Trinajstić information content (AvgIpc) is 2.94. The van der Waals surface area contributed by atoms with Gasteiger partial charge in [-0.2, -0.15) is 0 Å².